The zero-order valence-electron chi connectivity index (χ0n) is 12.6. The van der Waals surface area contributed by atoms with Crippen LogP contribution in [0, 0.1) is 0 Å². The molecular formula is C16H21BrN2O2S. The SMILES string of the molecule is CCC[n+]1ccc(CCS(=O)(=O)c2ccc(N)cc2)cc1.[Br-]. The molecule has 0 fully saturated rings. The van der Waals surface area contributed by atoms with Crippen molar-refractivity contribution < 1.29 is 30.0 Å². The Morgan fingerprint density at radius 2 is 1.64 bits per heavy atom. The number of benzene rings is 1. The lowest BCUT2D eigenvalue weighted by molar-refractivity contribution is -0.697. The minimum atomic E-state index is -3.26. The summed E-state index contributed by atoms with van der Waals surface area (Å²) in [6, 6.07) is 10.3. The molecule has 2 aromatic rings. The van der Waals surface area contributed by atoms with Crippen LogP contribution >= 0.6 is 0 Å². The van der Waals surface area contributed by atoms with Gasteiger partial charge in [0.25, 0.3) is 0 Å². The quantitative estimate of drug-likeness (QED) is 0.512. The summed E-state index contributed by atoms with van der Waals surface area (Å²) in [5, 5.41) is 0. The topological polar surface area (TPSA) is 64.0 Å². The number of rotatable bonds is 6. The van der Waals surface area contributed by atoms with Crippen molar-refractivity contribution in [1.29, 1.82) is 0 Å². The van der Waals surface area contributed by atoms with E-state index in [0.29, 0.717) is 17.0 Å². The molecule has 0 saturated carbocycles. The van der Waals surface area contributed by atoms with Crippen LogP contribution in [0.1, 0.15) is 18.9 Å². The molecule has 120 valence electrons. The molecule has 0 atom stereocenters. The van der Waals surface area contributed by atoms with E-state index in [-0.39, 0.29) is 22.7 Å². The number of aryl methyl sites for hydroxylation is 2. The summed E-state index contributed by atoms with van der Waals surface area (Å²) in [6.07, 6.45) is 5.58. The molecule has 0 radical (unpaired) electrons. The monoisotopic (exact) mass is 384 g/mol. The van der Waals surface area contributed by atoms with Crippen molar-refractivity contribution in [2.75, 3.05) is 11.5 Å². The number of hydrogen-bond donors (Lipinski definition) is 1. The second-order valence-corrected chi connectivity index (χ2v) is 7.19. The van der Waals surface area contributed by atoms with Gasteiger partial charge in [0.2, 0.25) is 0 Å². The Bertz CT molecular complexity index is 683. The first-order valence-corrected chi connectivity index (χ1v) is 8.73. The number of nitrogens with two attached hydrogens (primary N) is 1. The highest BCUT2D eigenvalue weighted by Gasteiger charge is 2.14. The Morgan fingerprint density at radius 3 is 2.18 bits per heavy atom. The van der Waals surface area contributed by atoms with E-state index in [2.05, 4.69) is 11.5 Å². The van der Waals surface area contributed by atoms with Crippen molar-refractivity contribution in [1.82, 2.24) is 0 Å². The third-order valence-corrected chi connectivity index (χ3v) is 5.07. The summed E-state index contributed by atoms with van der Waals surface area (Å²) < 4.78 is 26.6. The molecule has 0 amide bonds. The third kappa shape index (κ3) is 5.10. The highest BCUT2D eigenvalue weighted by atomic mass is 79.9. The van der Waals surface area contributed by atoms with Crippen molar-refractivity contribution in [3.63, 3.8) is 0 Å². The molecule has 6 heteroatoms. The highest BCUT2D eigenvalue weighted by molar-refractivity contribution is 7.91. The Labute approximate surface area is 142 Å². The lowest BCUT2D eigenvalue weighted by Crippen LogP contribution is -3.00. The molecule has 0 saturated heterocycles. The molecule has 4 nitrogen and oxygen atoms in total. The number of anilines is 1. The lowest BCUT2D eigenvalue weighted by Gasteiger charge is -2.05. The highest BCUT2D eigenvalue weighted by Crippen LogP contribution is 2.14. The maximum Gasteiger partial charge on any atom is 0.178 e. The van der Waals surface area contributed by atoms with Gasteiger partial charge in [-0.05, 0) is 36.2 Å². The van der Waals surface area contributed by atoms with Gasteiger partial charge < -0.3 is 22.7 Å². The van der Waals surface area contributed by atoms with Gasteiger partial charge in [0.1, 0.15) is 6.54 Å². The number of halogens is 1. The lowest BCUT2D eigenvalue weighted by atomic mass is 10.2. The van der Waals surface area contributed by atoms with Crippen LogP contribution in [0.3, 0.4) is 0 Å². The fraction of sp³-hybridized carbons (Fsp3) is 0.312. The van der Waals surface area contributed by atoms with E-state index in [1.54, 1.807) is 24.3 Å². The Kier molecular flexibility index (Phi) is 7.03. The molecule has 2 rings (SSSR count). The van der Waals surface area contributed by atoms with Crippen LogP contribution in [-0.2, 0) is 22.8 Å². The van der Waals surface area contributed by atoms with Gasteiger partial charge >= 0.3 is 0 Å². The summed E-state index contributed by atoms with van der Waals surface area (Å²) in [5.74, 6) is 0.106. The molecule has 22 heavy (non-hydrogen) atoms. The number of aromatic nitrogens is 1. The summed E-state index contributed by atoms with van der Waals surface area (Å²) >= 11 is 0. The van der Waals surface area contributed by atoms with E-state index in [0.717, 1.165) is 18.5 Å². The van der Waals surface area contributed by atoms with Crippen molar-refractivity contribution in [2.45, 2.75) is 31.2 Å². The van der Waals surface area contributed by atoms with Crippen molar-refractivity contribution in [3.05, 3.63) is 54.4 Å². The third-order valence-electron chi connectivity index (χ3n) is 3.34. The smallest absolute Gasteiger partial charge is 0.178 e. The van der Waals surface area contributed by atoms with Gasteiger partial charge in [-0.3, -0.25) is 0 Å². The largest absolute Gasteiger partial charge is 1.00 e. The molecule has 0 aliphatic carbocycles. The molecule has 0 spiro atoms. The Hall–Kier alpha value is -1.40. The normalized spacial score (nSPS) is 11.0. The zero-order valence-corrected chi connectivity index (χ0v) is 15.0. The van der Waals surface area contributed by atoms with Gasteiger partial charge in [-0.25, -0.2) is 13.0 Å². The van der Waals surface area contributed by atoms with Gasteiger partial charge in [-0.15, -0.1) is 0 Å². The first kappa shape index (κ1) is 18.6. The molecule has 0 bridgehead atoms. The number of hydrogen-bond acceptors (Lipinski definition) is 3. The van der Waals surface area contributed by atoms with Gasteiger partial charge in [0.15, 0.2) is 22.2 Å². The number of sulfone groups is 1. The van der Waals surface area contributed by atoms with E-state index in [9.17, 15) is 8.42 Å². The van der Waals surface area contributed by atoms with E-state index in [1.165, 1.54) is 0 Å². The predicted molar refractivity (Wildman–Crippen MR) is 83.5 cm³/mol. The standard InChI is InChI=1S/C16H21N2O2S.BrH/c1-2-10-18-11-7-14(8-12-18)9-13-21(19,20)16-5-3-15(17)4-6-16;/h3-8,11-12H,2,9-10,13,17H2,1H3;1H/q+1;/p-1. The van der Waals surface area contributed by atoms with Crippen molar-refractivity contribution >= 4 is 15.5 Å². The first-order chi connectivity index (χ1) is 10.0. The number of pyridine rings is 1. The van der Waals surface area contributed by atoms with Gasteiger partial charge in [-0.2, -0.15) is 0 Å². The van der Waals surface area contributed by atoms with Crippen LogP contribution in [0.4, 0.5) is 5.69 Å². The molecule has 0 aliphatic rings. The van der Waals surface area contributed by atoms with Crippen LogP contribution in [0.25, 0.3) is 0 Å². The fourth-order valence-corrected chi connectivity index (χ4v) is 3.40. The maximum atomic E-state index is 12.2. The average Bonchev–Trinajstić information content (AvgIpc) is 2.47. The van der Waals surface area contributed by atoms with Crippen LogP contribution in [0.15, 0.2) is 53.7 Å². The first-order valence-electron chi connectivity index (χ1n) is 7.07. The number of nitrogen functional groups attached to an aromatic ring is 1. The van der Waals surface area contributed by atoms with Crippen LogP contribution in [0.2, 0.25) is 0 Å². The van der Waals surface area contributed by atoms with Crippen LogP contribution < -0.4 is 27.3 Å². The predicted octanol–water partition coefficient (Wildman–Crippen LogP) is -1.01. The molecule has 0 aliphatic heterocycles. The molecule has 2 N–H and O–H groups in total. The van der Waals surface area contributed by atoms with Crippen LogP contribution in [0.5, 0.6) is 0 Å². The summed E-state index contributed by atoms with van der Waals surface area (Å²) in [4.78, 5) is 0.327. The van der Waals surface area contributed by atoms with E-state index < -0.39 is 9.84 Å². The molecule has 1 aromatic heterocycles. The van der Waals surface area contributed by atoms with Gasteiger partial charge in [-0.1, -0.05) is 6.92 Å². The molecule has 0 unspecified atom stereocenters. The Balaban J connectivity index is 0.00000242. The fourth-order valence-electron chi connectivity index (χ4n) is 2.11. The van der Waals surface area contributed by atoms with Crippen molar-refractivity contribution in [3.8, 4) is 0 Å². The minimum absolute atomic E-state index is 0. The van der Waals surface area contributed by atoms with Gasteiger partial charge in [0, 0.05) is 24.2 Å². The molecular weight excluding hydrogens is 364 g/mol. The van der Waals surface area contributed by atoms with E-state index in [4.69, 9.17) is 5.73 Å². The zero-order chi connectivity index (χ0) is 15.3. The van der Waals surface area contributed by atoms with Crippen LogP contribution in [-0.4, -0.2) is 14.2 Å². The van der Waals surface area contributed by atoms with Gasteiger partial charge in [0.05, 0.1) is 10.6 Å². The minimum Gasteiger partial charge on any atom is -1.00 e. The summed E-state index contributed by atoms with van der Waals surface area (Å²) in [7, 11) is -3.26. The molecule has 1 heterocycles. The maximum absolute atomic E-state index is 12.2. The summed E-state index contributed by atoms with van der Waals surface area (Å²) in [5.41, 5.74) is 7.17. The Morgan fingerprint density at radius 1 is 1.05 bits per heavy atom. The molecule has 1 aromatic carbocycles. The van der Waals surface area contributed by atoms with E-state index in [1.807, 2.05) is 24.5 Å². The average molecular weight is 385 g/mol. The number of nitrogens with zero attached hydrogens (tertiary/aromatic N) is 1. The second kappa shape index (κ2) is 8.29. The van der Waals surface area contributed by atoms with E-state index >= 15 is 0 Å². The summed E-state index contributed by atoms with van der Waals surface area (Å²) in [6.45, 7) is 3.10. The van der Waals surface area contributed by atoms with Crippen molar-refractivity contribution in [2.24, 2.45) is 0 Å². The second-order valence-electron chi connectivity index (χ2n) is 5.08.